The number of hydrogen-bond acceptors (Lipinski definition) is 3. The van der Waals surface area contributed by atoms with E-state index in [9.17, 15) is 4.79 Å². The average molecular weight is 313 g/mol. The molecule has 0 bridgehead atoms. The van der Waals surface area contributed by atoms with Gasteiger partial charge < -0.3 is 15.4 Å². The Morgan fingerprint density at radius 1 is 1.33 bits per heavy atom. The van der Waals surface area contributed by atoms with Crippen LogP contribution in [0.5, 0.6) is 5.75 Å². The molecule has 1 aromatic rings. The molecule has 1 atom stereocenters. The van der Waals surface area contributed by atoms with Crippen molar-refractivity contribution in [2.45, 2.75) is 52.8 Å². The third kappa shape index (κ3) is 6.36. The Labute approximate surface area is 132 Å². The van der Waals surface area contributed by atoms with Gasteiger partial charge in [0, 0.05) is 29.7 Å². The smallest absolute Gasteiger partial charge is 0.260 e. The van der Waals surface area contributed by atoms with Crippen molar-refractivity contribution in [1.29, 1.82) is 0 Å². The van der Waals surface area contributed by atoms with Crippen LogP contribution < -0.4 is 15.4 Å². The van der Waals surface area contributed by atoms with E-state index in [0.717, 1.165) is 12.0 Å². The van der Waals surface area contributed by atoms with Crippen LogP contribution in [-0.2, 0) is 11.3 Å². The van der Waals surface area contributed by atoms with E-state index in [2.05, 4.69) is 24.5 Å². The quantitative estimate of drug-likeness (QED) is 0.775. The molecule has 0 aliphatic heterocycles. The van der Waals surface area contributed by atoms with Crippen molar-refractivity contribution in [2.24, 2.45) is 0 Å². The Morgan fingerprint density at radius 3 is 2.67 bits per heavy atom. The highest BCUT2D eigenvalue weighted by Crippen LogP contribution is 2.24. The fourth-order valence-corrected chi connectivity index (χ4v) is 1.95. The standard InChI is InChI=1S/C16H25ClN2O2/c1-5-8-18-16(20)12(4)21-15-7-6-14(17)9-13(15)10-19-11(2)3/h6-7,9,11-12,19H,5,8,10H2,1-4H3,(H,18,20). The second-order valence-electron chi connectivity index (χ2n) is 5.34. The lowest BCUT2D eigenvalue weighted by molar-refractivity contribution is -0.127. The number of ether oxygens (including phenoxy) is 1. The van der Waals surface area contributed by atoms with E-state index in [-0.39, 0.29) is 5.91 Å². The summed E-state index contributed by atoms with van der Waals surface area (Å²) in [7, 11) is 0. The first-order valence-corrected chi connectivity index (χ1v) is 7.78. The van der Waals surface area contributed by atoms with E-state index in [4.69, 9.17) is 16.3 Å². The van der Waals surface area contributed by atoms with Crippen molar-refractivity contribution in [3.05, 3.63) is 28.8 Å². The number of benzene rings is 1. The highest BCUT2D eigenvalue weighted by Gasteiger charge is 2.16. The second kappa shape index (κ2) is 8.90. The van der Waals surface area contributed by atoms with Crippen molar-refractivity contribution in [1.82, 2.24) is 10.6 Å². The molecule has 0 radical (unpaired) electrons. The van der Waals surface area contributed by atoms with Gasteiger partial charge >= 0.3 is 0 Å². The van der Waals surface area contributed by atoms with E-state index in [0.29, 0.717) is 29.9 Å². The van der Waals surface area contributed by atoms with Gasteiger partial charge in [-0.25, -0.2) is 0 Å². The lowest BCUT2D eigenvalue weighted by Gasteiger charge is -2.18. The number of nitrogens with one attached hydrogen (secondary N) is 2. The fourth-order valence-electron chi connectivity index (χ4n) is 1.75. The first-order chi connectivity index (χ1) is 9.93. The van der Waals surface area contributed by atoms with Gasteiger partial charge in [0.15, 0.2) is 6.10 Å². The van der Waals surface area contributed by atoms with E-state index < -0.39 is 6.10 Å². The summed E-state index contributed by atoms with van der Waals surface area (Å²) >= 11 is 6.04. The van der Waals surface area contributed by atoms with Crippen LogP contribution in [0.2, 0.25) is 5.02 Å². The number of carbonyl (C=O) groups excluding carboxylic acids is 1. The molecule has 4 nitrogen and oxygen atoms in total. The summed E-state index contributed by atoms with van der Waals surface area (Å²) in [4.78, 5) is 11.9. The van der Waals surface area contributed by atoms with Crippen molar-refractivity contribution < 1.29 is 9.53 Å². The van der Waals surface area contributed by atoms with Gasteiger partial charge in [0.05, 0.1) is 0 Å². The zero-order valence-corrected chi connectivity index (χ0v) is 14.0. The number of hydrogen-bond donors (Lipinski definition) is 2. The largest absolute Gasteiger partial charge is 0.481 e. The summed E-state index contributed by atoms with van der Waals surface area (Å²) in [6.45, 7) is 9.23. The minimum absolute atomic E-state index is 0.102. The summed E-state index contributed by atoms with van der Waals surface area (Å²) in [5, 5.41) is 6.81. The highest BCUT2D eigenvalue weighted by atomic mass is 35.5. The van der Waals surface area contributed by atoms with Gasteiger partial charge in [0.1, 0.15) is 5.75 Å². The third-order valence-electron chi connectivity index (χ3n) is 2.95. The van der Waals surface area contributed by atoms with Crippen LogP contribution in [0.4, 0.5) is 0 Å². The molecule has 1 aromatic carbocycles. The monoisotopic (exact) mass is 312 g/mol. The van der Waals surface area contributed by atoms with Crippen molar-refractivity contribution in [3.8, 4) is 5.75 Å². The van der Waals surface area contributed by atoms with Gasteiger partial charge in [-0.3, -0.25) is 4.79 Å². The predicted octanol–water partition coefficient (Wildman–Crippen LogP) is 3.13. The topological polar surface area (TPSA) is 50.4 Å². The Bertz CT molecular complexity index is 464. The van der Waals surface area contributed by atoms with Crippen LogP contribution in [0.25, 0.3) is 0 Å². The molecular weight excluding hydrogens is 288 g/mol. The summed E-state index contributed by atoms with van der Waals surface area (Å²) in [6.07, 6.45) is 0.374. The molecule has 0 aliphatic rings. The van der Waals surface area contributed by atoms with E-state index >= 15 is 0 Å². The maximum atomic E-state index is 11.9. The first kappa shape index (κ1) is 17.8. The molecular formula is C16H25ClN2O2. The van der Waals surface area contributed by atoms with Crippen LogP contribution in [-0.4, -0.2) is 24.6 Å². The molecule has 1 amide bonds. The molecule has 0 heterocycles. The molecule has 21 heavy (non-hydrogen) atoms. The van der Waals surface area contributed by atoms with Crippen LogP contribution in [0.15, 0.2) is 18.2 Å². The van der Waals surface area contributed by atoms with Gasteiger partial charge in [0.2, 0.25) is 0 Å². The van der Waals surface area contributed by atoms with Crippen molar-refractivity contribution >= 4 is 17.5 Å². The molecule has 0 spiro atoms. The van der Waals surface area contributed by atoms with Gasteiger partial charge in [0.25, 0.3) is 5.91 Å². The minimum Gasteiger partial charge on any atom is -0.481 e. The fraction of sp³-hybridized carbons (Fsp3) is 0.562. The Hall–Kier alpha value is -1.26. The number of halogens is 1. The number of amides is 1. The molecule has 1 rings (SSSR count). The lowest BCUT2D eigenvalue weighted by atomic mass is 10.2. The summed E-state index contributed by atoms with van der Waals surface area (Å²) < 4.78 is 5.78. The predicted molar refractivity (Wildman–Crippen MR) is 86.8 cm³/mol. The Morgan fingerprint density at radius 2 is 2.05 bits per heavy atom. The van der Waals surface area contributed by atoms with Gasteiger partial charge in [-0.2, -0.15) is 0 Å². The van der Waals surface area contributed by atoms with Crippen LogP contribution >= 0.6 is 11.6 Å². The Balaban J connectivity index is 2.74. The normalized spacial score (nSPS) is 12.3. The van der Waals surface area contributed by atoms with Gasteiger partial charge in [-0.1, -0.05) is 32.4 Å². The van der Waals surface area contributed by atoms with Crippen LogP contribution in [0, 0.1) is 0 Å². The highest BCUT2D eigenvalue weighted by molar-refractivity contribution is 6.30. The molecule has 0 saturated carbocycles. The SMILES string of the molecule is CCCNC(=O)C(C)Oc1ccc(Cl)cc1CNC(C)C. The van der Waals surface area contributed by atoms with Crippen LogP contribution in [0.1, 0.15) is 39.7 Å². The molecule has 0 saturated heterocycles. The lowest BCUT2D eigenvalue weighted by Crippen LogP contribution is -2.37. The molecule has 5 heteroatoms. The van der Waals surface area contributed by atoms with Gasteiger partial charge in [-0.15, -0.1) is 0 Å². The first-order valence-electron chi connectivity index (χ1n) is 7.40. The maximum Gasteiger partial charge on any atom is 0.260 e. The summed E-state index contributed by atoms with van der Waals surface area (Å²) in [5.41, 5.74) is 0.950. The summed E-state index contributed by atoms with van der Waals surface area (Å²) in [6, 6.07) is 5.81. The van der Waals surface area contributed by atoms with Crippen molar-refractivity contribution in [2.75, 3.05) is 6.54 Å². The van der Waals surface area contributed by atoms with Crippen molar-refractivity contribution in [3.63, 3.8) is 0 Å². The second-order valence-corrected chi connectivity index (χ2v) is 5.78. The van der Waals surface area contributed by atoms with E-state index in [1.165, 1.54) is 0 Å². The molecule has 0 aromatic heterocycles. The number of carbonyl (C=O) groups is 1. The molecule has 1 unspecified atom stereocenters. The van der Waals surface area contributed by atoms with E-state index in [1.54, 1.807) is 13.0 Å². The zero-order valence-electron chi connectivity index (χ0n) is 13.2. The minimum atomic E-state index is -0.532. The maximum absolute atomic E-state index is 11.9. The molecule has 0 aliphatic carbocycles. The van der Waals surface area contributed by atoms with E-state index in [1.807, 2.05) is 19.1 Å². The third-order valence-corrected chi connectivity index (χ3v) is 3.18. The van der Waals surface area contributed by atoms with Crippen LogP contribution in [0.3, 0.4) is 0 Å². The Kier molecular flexibility index (Phi) is 7.54. The van der Waals surface area contributed by atoms with Gasteiger partial charge in [-0.05, 0) is 31.5 Å². The molecule has 2 N–H and O–H groups in total. The average Bonchev–Trinajstić information content (AvgIpc) is 2.44. The zero-order chi connectivity index (χ0) is 15.8. The summed E-state index contributed by atoms with van der Waals surface area (Å²) in [5.74, 6) is 0.585. The number of rotatable bonds is 8. The molecule has 118 valence electrons. The molecule has 0 fully saturated rings.